The van der Waals surface area contributed by atoms with Crippen LogP contribution < -0.4 is 0 Å². The van der Waals surface area contributed by atoms with Gasteiger partial charge in [0.2, 0.25) is 0 Å². The lowest BCUT2D eigenvalue weighted by Crippen LogP contribution is -2.48. The highest BCUT2D eigenvalue weighted by atomic mass is 16.6. The Balaban J connectivity index is 1.24. The van der Waals surface area contributed by atoms with Crippen molar-refractivity contribution in [2.45, 2.75) is 50.5 Å². The number of nitrogens with zero attached hydrogens (tertiary/aromatic N) is 2. The summed E-state index contributed by atoms with van der Waals surface area (Å²) in [6.07, 6.45) is 8.83. The number of rotatable bonds is 3. The number of H-pyrrole nitrogens is 1. The Morgan fingerprint density at radius 3 is 2.96 bits per heavy atom. The minimum Gasteiger partial charge on any atom is -0.449 e. The lowest BCUT2D eigenvalue weighted by atomic mass is 9.72. The zero-order valence-corrected chi connectivity index (χ0v) is 16.8. The molecule has 0 bridgehead atoms. The number of fused-ring (bicyclic) bond motifs is 2. The summed E-state index contributed by atoms with van der Waals surface area (Å²) in [5.74, 6) is 1.16. The molecule has 1 amide bonds. The molecule has 1 aromatic heterocycles. The van der Waals surface area contributed by atoms with Gasteiger partial charge < -0.3 is 19.5 Å². The van der Waals surface area contributed by atoms with Crippen molar-refractivity contribution in [2.24, 2.45) is 5.92 Å². The molecule has 0 spiro atoms. The van der Waals surface area contributed by atoms with E-state index in [0.717, 1.165) is 45.3 Å². The van der Waals surface area contributed by atoms with Gasteiger partial charge >= 0.3 is 6.09 Å². The molecule has 2 aliphatic heterocycles. The third-order valence-corrected chi connectivity index (χ3v) is 7.18. The maximum Gasteiger partial charge on any atom is 0.409 e. The van der Waals surface area contributed by atoms with E-state index >= 15 is 0 Å². The average molecular weight is 382 g/mol. The van der Waals surface area contributed by atoms with E-state index in [1.807, 2.05) is 4.90 Å². The molecule has 5 heteroatoms. The minimum atomic E-state index is -0.110. The molecule has 0 saturated carbocycles. The van der Waals surface area contributed by atoms with Crippen LogP contribution in [0.2, 0.25) is 0 Å². The summed E-state index contributed by atoms with van der Waals surface area (Å²) < 4.78 is 5.62. The Kier molecular flexibility index (Phi) is 4.79. The molecule has 2 aromatic rings. The zero-order chi connectivity index (χ0) is 19.1. The average Bonchev–Trinajstić information content (AvgIpc) is 3.14. The number of likely N-dealkylation sites (tertiary alicyclic amines) is 2. The molecule has 5 rings (SSSR count). The van der Waals surface area contributed by atoms with Crippen LogP contribution in [0.15, 0.2) is 24.4 Å². The van der Waals surface area contributed by atoms with Crippen molar-refractivity contribution in [3.63, 3.8) is 0 Å². The first-order chi connectivity index (χ1) is 13.7. The quantitative estimate of drug-likeness (QED) is 0.869. The fourth-order valence-corrected chi connectivity index (χ4v) is 5.74. The fourth-order valence-electron chi connectivity index (χ4n) is 5.74. The van der Waals surface area contributed by atoms with E-state index < -0.39 is 0 Å². The summed E-state index contributed by atoms with van der Waals surface area (Å²) in [6, 6.07) is 7.28. The predicted octanol–water partition coefficient (Wildman–Crippen LogP) is 4.14. The van der Waals surface area contributed by atoms with E-state index in [-0.39, 0.29) is 6.09 Å². The Morgan fingerprint density at radius 1 is 1.25 bits per heavy atom. The van der Waals surface area contributed by atoms with Gasteiger partial charge in [0.15, 0.2) is 0 Å². The van der Waals surface area contributed by atoms with Crippen LogP contribution in [0.3, 0.4) is 0 Å². The smallest absolute Gasteiger partial charge is 0.409 e. The number of piperidine rings is 2. The number of benzene rings is 1. The maximum absolute atomic E-state index is 12.3. The molecule has 3 heterocycles. The van der Waals surface area contributed by atoms with E-state index in [0.29, 0.717) is 24.5 Å². The lowest BCUT2D eigenvalue weighted by molar-refractivity contribution is 0.0700. The highest BCUT2D eigenvalue weighted by Gasteiger charge is 2.39. The third-order valence-electron chi connectivity index (χ3n) is 7.18. The van der Waals surface area contributed by atoms with Crippen LogP contribution in [0, 0.1) is 5.92 Å². The second-order valence-corrected chi connectivity index (χ2v) is 8.95. The standard InChI is InChI=1S/C23H31N3O2/c1-25-15-16(8-11-28-23(27)26-9-3-2-4-10-26)12-19-18-6-5-7-20-22(18)17(14-24-20)13-21(19)25/h5-7,14,16,19,21,24H,2-4,8-13,15H2,1H3/t16?,19-,21-/m0/s1. The summed E-state index contributed by atoms with van der Waals surface area (Å²) in [5.41, 5.74) is 4.24. The first kappa shape index (κ1) is 18.0. The first-order valence-electron chi connectivity index (χ1n) is 10.9. The van der Waals surface area contributed by atoms with Crippen LogP contribution in [0.4, 0.5) is 4.79 Å². The largest absolute Gasteiger partial charge is 0.449 e. The highest BCUT2D eigenvalue weighted by molar-refractivity contribution is 5.88. The molecule has 1 aromatic carbocycles. The predicted molar refractivity (Wildman–Crippen MR) is 111 cm³/mol. The van der Waals surface area contributed by atoms with Gasteiger partial charge in [0.05, 0.1) is 6.61 Å². The van der Waals surface area contributed by atoms with Crippen molar-refractivity contribution < 1.29 is 9.53 Å². The van der Waals surface area contributed by atoms with Gasteiger partial charge in [-0.3, -0.25) is 0 Å². The molecule has 28 heavy (non-hydrogen) atoms. The second kappa shape index (κ2) is 7.43. The number of carbonyl (C=O) groups is 1. The van der Waals surface area contributed by atoms with E-state index in [2.05, 4.69) is 41.3 Å². The molecule has 1 N–H and O–H groups in total. The number of ether oxygens (including phenoxy) is 1. The number of likely N-dealkylation sites (N-methyl/N-ethyl adjacent to an activating group) is 1. The van der Waals surface area contributed by atoms with Crippen molar-refractivity contribution in [1.82, 2.24) is 14.8 Å². The molecule has 3 atom stereocenters. The molecular weight excluding hydrogens is 350 g/mol. The van der Waals surface area contributed by atoms with Crippen molar-refractivity contribution in [2.75, 3.05) is 33.3 Å². The Hall–Kier alpha value is -2.01. The van der Waals surface area contributed by atoms with E-state index in [1.165, 1.54) is 34.9 Å². The topological polar surface area (TPSA) is 48.6 Å². The van der Waals surface area contributed by atoms with Crippen LogP contribution >= 0.6 is 0 Å². The van der Waals surface area contributed by atoms with E-state index in [4.69, 9.17) is 4.74 Å². The highest BCUT2D eigenvalue weighted by Crippen LogP contribution is 2.44. The molecule has 2 fully saturated rings. The normalized spacial score (nSPS) is 27.6. The summed E-state index contributed by atoms with van der Waals surface area (Å²) in [5, 5.41) is 1.45. The van der Waals surface area contributed by atoms with Gasteiger partial charge in [-0.15, -0.1) is 0 Å². The van der Waals surface area contributed by atoms with Crippen molar-refractivity contribution in [1.29, 1.82) is 0 Å². The van der Waals surface area contributed by atoms with Gasteiger partial charge in [0, 0.05) is 48.7 Å². The summed E-state index contributed by atoms with van der Waals surface area (Å²) >= 11 is 0. The van der Waals surface area contributed by atoms with Gasteiger partial charge in [0.1, 0.15) is 0 Å². The molecular formula is C23H31N3O2. The Labute approximate surface area is 167 Å². The number of aromatic amines is 1. The van der Waals surface area contributed by atoms with Crippen molar-refractivity contribution in [3.05, 3.63) is 35.5 Å². The number of hydrogen-bond donors (Lipinski definition) is 1. The fraction of sp³-hybridized carbons (Fsp3) is 0.609. The monoisotopic (exact) mass is 381 g/mol. The lowest BCUT2D eigenvalue weighted by Gasteiger charge is -2.45. The van der Waals surface area contributed by atoms with Gasteiger partial charge in [0.25, 0.3) is 0 Å². The van der Waals surface area contributed by atoms with Gasteiger partial charge in [-0.1, -0.05) is 12.1 Å². The Bertz CT molecular complexity index is 855. The molecule has 5 nitrogen and oxygen atoms in total. The number of amides is 1. The number of hydrogen-bond acceptors (Lipinski definition) is 3. The van der Waals surface area contributed by atoms with Crippen LogP contribution in [-0.4, -0.2) is 60.2 Å². The molecule has 1 unspecified atom stereocenters. The van der Waals surface area contributed by atoms with Crippen molar-refractivity contribution >= 4 is 17.0 Å². The summed E-state index contributed by atoms with van der Waals surface area (Å²) in [4.78, 5) is 20.1. The second-order valence-electron chi connectivity index (χ2n) is 8.95. The van der Waals surface area contributed by atoms with Crippen LogP contribution in [0.25, 0.3) is 10.9 Å². The summed E-state index contributed by atoms with van der Waals surface area (Å²) in [7, 11) is 2.27. The van der Waals surface area contributed by atoms with Crippen LogP contribution in [0.5, 0.6) is 0 Å². The van der Waals surface area contributed by atoms with Gasteiger partial charge in [-0.25, -0.2) is 4.79 Å². The first-order valence-corrected chi connectivity index (χ1v) is 10.9. The molecule has 1 aliphatic carbocycles. The number of nitrogens with one attached hydrogen (secondary N) is 1. The Morgan fingerprint density at radius 2 is 2.11 bits per heavy atom. The zero-order valence-electron chi connectivity index (χ0n) is 16.8. The molecule has 150 valence electrons. The molecule has 0 radical (unpaired) electrons. The van der Waals surface area contributed by atoms with Crippen LogP contribution in [0.1, 0.15) is 49.1 Å². The van der Waals surface area contributed by atoms with Crippen molar-refractivity contribution in [3.8, 4) is 0 Å². The van der Waals surface area contributed by atoms with Gasteiger partial charge in [-0.2, -0.15) is 0 Å². The van der Waals surface area contributed by atoms with E-state index in [1.54, 1.807) is 0 Å². The number of carbonyl (C=O) groups excluding carboxylic acids is 1. The maximum atomic E-state index is 12.3. The van der Waals surface area contributed by atoms with Crippen LogP contribution in [-0.2, 0) is 11.2 Å². The van der Waals surface area contributed by atoms with Gasteiger partial charge in [-0.05, 0) is 68.7 Å². The van der Waals surface area contributed by atoms with E-state index in [9.17, 15) is 4.79 Å². The summed E-state index contributed by atoms with van der Waals surface area (Å²) in [6.45, 7) is 3.36. The SMILES string of the molecule is CN1CC(CCOC(=O)N2CCCCC2)C[C@H]2c3cccc4[nH]cc(c34)C[C@@H]21. The number of aromatic nitrogens is 1. The minimum absolute atomic E-state index is 0.110. The molecule has 3 aliphatic rings. The molecule has 2 saturated heterocycles. The third kappa shape index (κ3) is 3.20.